The predicted octanol–water partition coefficient (Wildman–Crippen LogP) is 1.79. The van der Waals surface area contributed by atoms with E-state index in [2.05, 4.69) is 10.0 Å². The van der Waals surface area contributed by atoms with Crippen LogP contribution in [-0.4, -0.2) is 64.1 Å². The largest absolute Gasteiger partial charge is 0.366 e. The lowest BCUT2D eigenvalue weighted by Gasteiger charge is -2.37. The van der Waals surface area contributed by atoms with Gasteiger partial charge in [0.25, 0.3) is 5.91 Å². The van der Waals surface area contributed by atoms with Crippen molar-refractivity contribution in [3.63, 3.8) is 0 Å². The lowest BCUT2D eigenvalue weighted by atomic mass is 10.2. The lowest BCUT2D eigenvalue weighted by Crippen LogP contribution is -2.51. The minimum atomic E-state index is -3.39. The van der Waals surface area contributed by atoms with E-state index in [1.165, 1.54) is 0 Å². The van der Waals surface area contributed by atoms with Crippen molar-refractivity contribution in [2.75, 3.05) is 48.6 Å². The van der Waals surface area contributed by atoms with Gasteiger partial charge in [-0.25, -0.2) is 8.42 Å². The van der Waals surface area contributed by atoms with Crippen LogP contribution in [-0.2, 0) is 14.8 Å². The van der Waals surface area contributed by atoms with Gasteiger partial charge in [-0.05, 0) is 24.3 Å². The molecule has 0 aliphatic carbocycles. The van der Waals surface area contributed by atoms with E-state index in [1.54, 1.807) is 41.3 Å². The maximum absolute atomic E-state index is 12.5. The van der Waals surface area contributed by atoms with Crippen molar-refractivity contribution < 1.29 is 18.0 Å². The Kier molecular flexibility index (Phi) is 6.84. The molecule has 0 radical (unpaired) electrons. The summed E-state index contributed by atoms with van der Waals surface area (Å²) in [5.74, 6) is -0.578. The first-order chi connectivity index (χ1) is 14.2. The van der Waals surface area contributed by atoms with Gasteiger partial charge in [-0.3, -0.25) is 14.3 Å². The molecule has 1 fully saturated rings. The van der Waals surface area contributed by atoms with Crippen molar-refractivity contribution in [3.8, 4) is 0 Å². The second-order valence-electron chi connectivity index (χ2n) is 6.92. The molecule has 0 atom stereocenters. The number of hydrogen-bond acceptors (Lipinski definition) is 5. The van der Waals surface area contributed by atoms with E-state index in [0.29, 0.717) is 42.5 Å². The first-order valence-corrected chi connectivity index (χ1v) is 11.6. The van der Waals surface area contributed by atoms with Gasteiger partial charge < -0.3 is 15.1 Å². The van der Waals surface area contributed by atoms with Crippen LogP contribution in [0.1, 0.15) is 10.4 Å². The van der Waals surface area contributed by atoms with Crippen LogP contribution in [0.15, 0.2) is 48.5 Å². The molecule has 10 heteroatoms. The van der Waals surface area contributed by atoms with Gasteiger partial charge in [-0.2, -0.15) is 0 Å². The number of sulfonamides is 1. The Morgan fingerprint density at radius 1 is 1.00 bits per heavy atom. The molecule has 3 rings (SSSR count). The predicted molar refractivity (Wildman–Crippen MR) is 117 cm³/mol. The number of nitrogens with zero attached hydrogens (tertiary/aromatic N) is 2. The number of carbonyl (C=O) groups is 2. The molecule has 160 valence electrons. The maximum atomic E-state index is 12.5. The molecule has 2 aromatic carbocycles. The average Bonchev–Trinajstić information content (AvgIpc) is 2.71. The van der Waals surface area contributed by atoms with Gasteiger partial charge in [0.15, 0.2) is 0 Å². The number of para-hydroxylation sites is 2. The molecule has 2 amide bonds. The summed E-state index contributed by atoms with van der Waals surface area (Å²) in [6, 6.07) is 13.8. The fourth-order valence-electron chi connectivity index (χ4n) is 3.24. The number of carbonyl (C=O) groups excluding carboxylic acids is 2. The number of anilines is 2. The van der Waals surface area contributed by atoms with Crippen LogP contribution in [0.2, 0.25) is 5.02 Å². The molecule has 1 saturated heterocycles. The number of nitrogens with one attached hydrogen (secondary N) is 2. The third kappa shape index (κ3) is 5.64. The summed E-state index contributed by atoms with van der Waals surface area (Å²) in [5, 5.41) is 2.94. The highest BCUT2D eigenvalue weighted by Crippen LogP contribution is 2.27. The second kappa shape index (κ2) is 9.36. The summed E-state index contributed by atoms with van der Waals surface area (Å²) in [4.78, 5) is 28.4. The van der Waals surface area contributed by atoms with Crippen LogP contribution >= 0.6 is 11.6 Å². The monoisotopic (exact) mass is 450 g/mol. The van der Waals surface area contributed by atoms with E-state index in [-0.39, 0.29) is 12.5 Å². The van der Waals surface area contributed by atoms with Gasteiger partial charge in [0.05, 0.1) is 34.8 Å². The van der Waals surface area contributed by atoms with Gasteiger partial charge in [0.2, 0.25) is 15.9 Å². The molecule has 0 saturated carbocycles. The van der Waals surface area contributed by atoms with E-state index in [4.69, 9.17) is 11.6 Å². The summed E-state index contributed by atoms with van der Waals surface area (Å²) >= 11 is 6.01. The average molecular weight is 451 g/mol. The third-order valence-electron chi connectivity index (χ3n) is 4.69. The molecule has 2 aromatic rings. The first-order valence-electron chi connectivity index (χ1n) is 9.37. The molecule has 1 aliphatic rings. The van der Waals surface area contributed by atoms with Crippen molar-refractivity contribution in [2.24, 2.45) is 0 Å². The van der Waals surface area contributed by atoms with Crippen molar-refractivity contribution in [1.82, 2.24) is 10.2 Å². The Balaban J connectivity index is 1.55. The minimum absolute atomic E-state index is 0.115. The lowest BCUT2D eigenvalue weighted by molar-refractivity contribution is -0.130. The quantitative estimate of drug-likeness (QED) is 0.699. The molecule has 1 heterocycles. The normalized spacial score (nSPS) is 14.3. The molecule has 2 N–H and O–H groups in total. The summed E-state index contributed by atoms with van der Waals surface area (Å²) in [7, 11) is -3.39. The summed E-state index contributed by atoms with van der Waals surface area (Å²) in [6.45, 7) is 1.91. The SMILES string of the molecule is CS(=O)(=O)Nc1ccccc1N1CCN(C(=O)CNC(=O)c2ccccc2Cl)CC1. The fourth-order valence-corrected chi connectivity index (χ4v) is 4.03. The van der Waals surface area contributed by atoms with Crippen molar-refractivity contribution in [3.05, 3.63) is 59.1 Å². The summed E-state index contributed by atoms with van der Waals surface area (Å²) < 4.78 is 25.7. The zero-order chi connectivity index (χ0) is 21.7. The van der Waals surface area contributed by atoms with E-state index >= 15 is 0 Å². The zero-order valence-electron chi connectivity index (χ0n) is 16.5. The summed E-state index contributed by atoms with van der Waals surface area (Å²) in [6.07, 6.45) is 1.11. The topological polar surface area (TPSA) is 98.8 Å². The van der Waals surface area contributed by atoms with E-state index in [9.17, 15) is 18.0 Å². The first kappa shape index (κ1) is 21.9. The van der Waals surface area contributed by atoms with Crippen LogP contribution < -0.4 is 14.9 Å². The van der Waals surface area contributed by atoms with Crippen LogP contribution in [0, 0.1) is 0 Å². The molecule has 0 spiro atoms. The molecule has 8 nitrogen and oxygen atoms in total. The van der Waals surface area contributed by atoms with Crippen molar-refractivity contribution in [2.45, 2.75) is 0 Å². The van der Waals surface area contributed by atoms with Gasteiger partial charge >= 0.3 is 0 Å². The Morgan fingerprint density at radius 2 is 1.63 bits per heavy atom. The highest BCUT2D eigenvalue weighted by Gasteiger charge is 2.23. The number of halogens is 1. The van der Waals surface area contributed by atoms with Crippen LogP contribution in [0.25, 0.3) is 0 Å². The molecule has 30 heavy (non-hydrogen) atoms. The third-order valence-corrected chi connectivity index (χ3v) is 5.61. The number of hydrogen-bond donors (Lipinski definition) is 2. The number of rotatable bonds is 6. The zero-order valence-corrected chi connectivity index (χ0v) is 18.0. The van der Waals surface area contributed by atoms with Gasteiger partial charge in [-0.1, -0.05) is 35.9 Å². The fraction of sp³-hybridized carbons (Fsp3) is 0.300. The summed E-state index contributed by atoms with van der Waals surface area (Å²) in [5.41, 5.74) is 1.60. The molecule has 0 unspecified atom stereocenters. The van der Waals surface area contributed by atoms with Crippen LogP contribution in [0.3, 0.4) is 0 Å². The number of benzene rings is 2. The number of piperazine rings is 1. The minimum Gasteiger partial charge on any atom is -0.366 e. The van der Waals surface area contributed by atoms with Crippen molar-refractivity contribution in [1.29, 1.82) is 0 Å². The van der Waals surface area contributed by atoms with E-state index in [1.807, 2.05) is 17.0 Å². The molecular formula is C20H23ClN4O4S. The molecule has 1 aliphatic heterocycles. The molecule has 0 aromatic heterocycles. The van der Waals surface area contributed by atoms with Gasteiger partial charge in [0, 0.05) is 26.2 Å². The van der Waals surface area contributed by atoms with E-state index in [0.717, 1.165) is 11.9 Å². The van der Waals surface area contributed by atoms with Crippen molar-refractivity contribution >= 4 is 44.8 Å². The Bertz CT molecular complexity index is 1040. The van der Waals surface area contributed by atoms with Crippen LogP contribution in [0.5, 0.6) is 0 Å². The second-order valence-corrected chi connectivity index (χ2v) is 9.08. The Labute approximate surface area is 180 Å². The Hall–Kier alpha value is -2.78. The highest BCUT2D eigenvalue weighted by molar-refractivity contribution is 7.92. The standard InChI is InChI=1S/C20H23ClN4O4S/c1-30(28,29)23-17-8-4-5-9-18(17)24-10-12-25(13-11-24)19(26)14-22-20(27)15-6-2-3-7-16(15)21/h2-9,23H,10-14H2,1H3,(H,22,27). The van der Waals surface area contributed by atoms with E-state index < -0.39 is 15.9 Å². The molecular weight excluding hydrogens is 428 g/mol. The smallest absolute Gasteiger partial charge is 0.253 e. The van der Waals surface area contributed by atoms with Gasteiger partial charge in [0.1, 0.15) is 0 Å². The van der Waals surface area contributed by atoms with Gasteiger partial charge in [-0.15, -0.1) is 0 Å². The van der Waals surface area contributed by atoms with Crippen LogP contribution in [0.4, 0.5) is 11.4 Å². The highest BCUT2D eigenvalue weighted by atomic mass is 35.5. The molecule has 0 bridgehead atoms. The maximum Gasteiger partial charge on any atom is 0.253 e. The number of amides is 2. The Morgan fingerprint density at radius 3 is 2.30 bits per heavy atom.